The second-order valence-corrected chi connectivity index (χ2v) is 7.78. The number of aromatic amines is 1. The van der Waals surface area contributed by atoms with Crippen molar-refractivity contribution in [2.24, 2.45) is 0 Å². The van der Waals surface area contributed by atoms with E-state index < -0.39 is 23.7 Å². The molecule has 10 heteroatoms. The Hall–Kier alpha value is -4.08. The van der Waals surface area contributed by atoms with Gasteiger partial charge in [-0.3, -0.25) is 9.59 Å². The fourth-order valence-corrected chi connectivity index (χ4v) is 4.24. The summed E-state index contributed by atoms with van der Waals surface area (Å²) >= 11 is 0. The number of rotatable bonds is 7. The molecule has 4 rings (SSSR count). The van der Waals surface area contributed by atoms with Crippen molar-refractivity contribution >= 4 is 23.4 Å². The van der Waals surface area contributed by atoms with E-state index in [0.29, 0.717) is 30.0 Å². The minimum Gasteiger partial charge on any atom is -0.507 e. The van der Waals surface area contributed by atoms with E-state index in [1.165, 1.54) is 18.3 Å². The van der Waals surface area contributed by atoms with E-state index in [-0.39, 0.29) is 29.1 Å². The molecule has 1 aliphatic heterocycles. The molecule has 1 atom stereocenters. The predicted octanol–water partition coefficient (Wildman–Crippen LogP) is 2.72. The van der Waals surface area contributed by atoms with E-state index >= 15 is 0 Å². The Balaban J connectivity index is 1.75. The second kappa shape index (κ2) is 8.81. The molecule has 10 nitrogen and oxygen atoms in total. The van der Waals surface area contributed by atoms with E-state index in [4.69, 9.17) is 9.15 Å². The maximum absolute atomic E-state index is 13.1. The molecule has 1 fully saturated rings. The number of hydrogen-bond donors (Lipinski definition) is 2. The topological polar surface area (TPSA) is 131 Å². The van der Waals surface area contributed by atoms with Gasteiger partial charge in [-0.2, -0.15) is 0 Å². The number of likely N-dealkylation sites (tertiary alicyclic amines) is 1. The molecule has 4 heterocycles. The third kappa shape index (κ3) is 3.84. The lowest BCUT2D eigenvalue weighted by Crippen LogP contribution is -2.31. The average molecular weight is 452 g/mol. The van der Waals surface area contributed by atoms with Gasteiger partial charge in [-0.15, -0.1) is 0 Å². The largest absolute Gasteiger partial charge is 0.507 e. The Kier molecular flexibility index (Phi) is 5.91. The van der Waals surface area contributed by atoms with Gasteiger partial charge in [0.05, 0.1) is 25.3 Å². The first-order chi connectivity index (χ1) is 15.8. The maximum Gasteiger partial charge on any atom is 0.354 e. The summed E-state index contributed by atoms with van der Waals surface area (Å²) in [4.78, 5) is 46.4. The lowest BCUT2D eigenvalue weighted by Gasteiger charge is -2.23. The van der Waals surface area contributed by atoms with Crippen molar-refractivity contribution in [2.45, 2.75) is 32.9 Å². The number of aromatic nitrogens is 3. The number of Topliss-reactive ketones (excluding diaryl/α,β-unsaturated/α-hetero) is 1. The first kappa shape index (κ1) is 22.1. The molecular weight excluding hydrogens is 428 g/mol. The van der Waals surface area contributed by atoms with Crippen LogP contribution in [0.3, 0.4) is 0 Å². The van der Waals surface area contributed by atoms with Gasteiger partial charge in [0.1, 0.15) is 23.3 Å². The number of esters is 1. The molecule has 0 aromatic carbocycles. The van der Waals surface area contributed by atoms with E-state index in [9.17, 15) is 19.5 Å². The van der Waals surface area contributed by atoms with Gasteiger partial charge >= 0.3 is 5.97 Å². The number of nitrogens with one attached hydrogen (secondary N) is 1. The SMILES string of the molecule is COC(=O)c1[nH]c(C)c(/C(O)=C2\C(=O)C(=O)N(CCCn3ccnc3)C2c2ccco2)c1C. The van der Waals surface area contributed by atoms with Gasteiger partial charge < -0.3 is 28.7 Å². The highest BCUT2D eigenvalue weighted by Gasteiger charge is 2.47. The zero-order valence-electron chi connectivity index (χ0n) is 18.5. The van der Waals surface area contributed by atoms with Crippen LogP contribution < -0.4 is 0 Å². The molecule has 0 aliphatic carbocycles. The zero-order valence-corrected chi connectivity index (χ0v) is 18.5. The summed E-state index contributed by atoms with van der Waals surface area (Å²) in [5, 5.41) is 11.3. The Morgan fingerprint density at radius 3 is 2.73 bits per heavy atom. The highest BCUT2D eigenvalue weighted by atomic mass is 16.5. The molecule has 2 N–H and O–H groups in total. The minimum absolute atomic E-state index is 0.0841. The smallest absolute Gasteiger partial charge is 0.354 e. The summed E-state index contributed by atoms with van der Waals surface area (Å²) in [5.74, 6) is -2.14. The standard InChI is InChI=1S/C23H24N4O6/c1-13-16(14(2)25-18(13)23(31)32-3)20(28)17-19(15-6-4-11-33-15)27(22(30)21(17)29)9-5-8-26-10-7-24-12-26/h4,6-7,10-12,19,25,28H,5,8-9H2,1-3H3/b20-17+. The summed E-state index contributed by atoms with van der Waals surface area (Å²) in [6.45, 7) is 4.17. The number of amides is 1. The monoisotopic (exact) mass is 452 g/mol. The minimum atomic E-state index is -0.891. The zero-order chi connectivity index (χ0) is 23.7. The maximum atomic E-state index is 13.1. The molecule has 0 spiro atoms. The fourth-order valence-electron chi connectivity index (χ4n) is 4.24. The third-order valence-electron chi connectivity index (χ3n) is 5.79. The van der Waals surface area contributed by atoms with Crippen LogP contribution in [-0.2, 0) is 20.9 Å². The lowest BCUT2D eigenvalue weighted by molar-refractivity contribution is -0.140. The second-order valence-electron chi connectivity index (χ2n) is 7.78. The number of aliphatic hydroxyl groups excluding tert-OH is 1. The van der Waals surface area contributed by atoms with Crippen molar-refractivity contribution in [3.8, 4) is 0 Å². The molecule has 3 aromatic rings. The number of aliphatic hydroxyl groups is 1. The van der Waals surface area contributed by atoms with Crippen molar-refractivity contribution in [2.75, 3.05) is 13.7 Å². The number of ketones is 1. The Morgan fingerprint density at radius 2 is 2.09 bits per heavy atom. The molecule has 172 valence electrons. The average Bonchev–Trinajstić information content (AvgIpc) is 3.58. The first-order valence-electron chi connectivity index (χ1n) is 10.4. The summed E-state index contributed by atoms with van der Waals surface area (Å²) < 4.78 is 12.2. The van der Waals surface area contributed by atoms with E-state index in [0.717, 1.165) is 0 Å². The summed E-state index contributed by atoms with van der Waals surface area (Å²) in [6.07, 6.45) is 7.17. The number of carbonyl (C=O) groups is 3. The fraction of sp³-hybridized carbons (Fsp3) is 0.304. The third-order valence-corrected chi connectivity index (χ3v) is 5.79. The van der Waals surface area contributed by atoms with Crippen LogP contribution in [0.2, 0.25) is 0 Å². The van der Waals surface area contributed by atoms with Crippen LogP contribution >= 0.6 is 0 Å². The molecule has 0 bridgehead atoms. The van der Waals surface area contributed by atoms with Crippen molar-refractivity contribution in [1.82, 2.24) is 19.4 Å². The number of hydrogen-bond acceptors (Lipinski definition) is 7. The number of carbonyl (C=O) groups excluding carboxylic acids is 3. The molecule has 1 aliphatic rings. The number of furan rings is 1. The molecular formula is C23H24N4O6. The predicted molar refractivity (Wildman–Crippen MR) is 116 cm³/mol. The van der Waals surface area contributed by atoms with Crippen LogP contribution in [0.15, 0.2) is 47.1 Å². The van der Waals surface area contributed by atoms with Gasteiger partial charge in [-0.05, 0) is 38.0 Å². The van der Waals surface area contributed by atoms with Gasteiger partial charge in [-0.25, -0.2) is 9.78 Å². The molecule has 33 heavy (non-hydrogen) atoms. The van der Waals surface area contributed by atoms with Gasteiger partial charge in [0.2, 0.25) is 0 Å². The number of ether oxygens (including phenoxy) is 1. The van der Waals surface area contributed by atoms with Crippen LogP contribution in [0, 0.1) is 13.8 Å². The van der Waals surface area contributed by atoms with Crippen molar-refractivity contribution in [3.63, 3.8) is 0 Å². The highest BCUT2D eigenvalue weighted by molar-refractivity contribution is 6.46. The van der Waals surface area contributed by atoms with Crippen molar-refractivity contribution in [3.05, 3.63) is 71.0 Å². The molecule has 1 unspecified atom stereocenters. The summed E-state index contributed by atoms with van der Waals surface area (Å²) in [7, 11) is 1.25. The van der Waals surface area contributed by atoms with Crippen molar-refractivity contribution < 1.29 is 28.6 Å². The van der Waals surface area contributed by atoms with E-state index in [1.807, 2.05) is 10.8 Å². The van der Waals surface area contributed by atoms with Gasteiger partial charge in [0.25, 0.3) is 11.7 Å². The summed E-state index contributed by atoms with van der Waals surface area (Å²) in [5.41, 5.74) is 1.25. The molecule has 0 saturated carbocycles. The number of aryl methyl sites for hydroxylation is 2. The normalized spacial score (nSPS) is 17.7. The van der Waals surface area contributed by atoms with Crippen LogP contribution in [0.1, 0.15) is 45.5 Å². The van der Waals surface area contributed by atoms with Crippen molar-refractivity contribution in [1.29, 1.82) is 0 Å². The highest BCUT2D eigenvalue weighted by Crippen LogP contribution is 2.41. The molecule has 1 saturated heterocycles. The molecule has 3 aromatic heterocycles. The van der Waals surface area contributed by atoms with Gasteiger partial charge in [0, 0.05) is 36.7 Å². The number of H-pyrrole nitrogens is 1. The van der Waals surface area contributed by atoms with Crippen LogP contribution in [0.4, 0.5) is 0 Å². The Labute approximate surface area is 189 Å². The first-order valence-corrected chi connectivity index (χ1v) is 10.4. The number of nitrogens with zero attached hydrogens (tertiary/aromatic N) is 3. The lowest BCUT2D eigenvalue weighted by atomic mass is 9.97. The molecule has 1 amide bonds. The van der Waals surface area contributed by atoms with Gasteiger partial charge in [0.15, 0.2) is 0 Å². The molecule has 0 radical (unpaired) electrons. The van der Waals surface area contributed by atoms with Crippen LogP contribution in [-0.4, -0.2) is 55.9 Å². The quantitative estimate of drug-likeness (QED) is 0.244. The van der Waals surface area contributed by atoms with E-state index in [2.05, 4.69) is 9.97 Å². The summed E-state index contributed by atoms with van der Waals surface area (Å²) in [6, 6.07) is 2.42. The number of methoxy groups -OCH3 is 1. The van der Waals surface area contributed by atoms with Gasteiger partial charge in [-0.1, -0.05) is 0 Å². The number of imidazole rings is 1. The Bertz CT molecular complexity index is 1220. The van der Waals surface area contributed by atoms with Crippen LogP contribution in [0.25, 0.3) is 5.76 Å². The van der Waals surface area contributed by atoms with Crippen LogP contribution in [0.5, 0.6) is 0 Å². The Morgan fingerprint density at radius 1 is 1.30 bits per heavy atom. The van der Waals surface area contributed by atoms with E-state index in [1.54, 1.807) is 38.5 Å².